The van der Waals surface area contributed by atoms with E-state index in [1.165, 1.54) is 0 Å². The highest BCUT2D eigenvalue weighted by molar-refractivity contribution is 7.88. The van der Waals surface area contributed by atoms with Crippen LogP contribution in [-0.4, -0.2) is 22.1 Å². The van der Waals surface area contributed by atoms with Crippen molar-refractivity contribution >= 4 is 10.0 Å². The van der Waals surface area contributed by atoms with Gasteiger partial charge in [0.05, 0.1) is 18.4 Å². The van der Waals surface area contributed by atoms with E-state index in [1.54, 1.807) is 31.4 Å². The van der Waals surface area contributed by atoms with Crippen LogP contribution in [0.25, 0.3) is 11.1 Å². The van der Waals surface area contributed by atoms with Gasteiger partial charge in [0.15, 0.2) is 11.5 Å². The lowest BCUT2D eigenvalue weighted by molar-refractivity contribution is 0.204. The summed E-state index contributed by atoms with van der Waals surface area (Å²) in [6, 6.07) is 9.07. The molecule has 3 rings (SSSR count). The zero-order valence-corrected chi connectivity index (χ0v) is 16.5. The molecule has 148 valence electrons. The van der Waals surface area contributed by atoms with Gasteiger partial charge in [0.1, 0.15) is 18.5 Å². The van der Waals surface area contributed by atoms with Gasteiger partial charge in [0, 0.05) is 12.0 Å². The summed E-state index contributed by atoms with van der Waals surface area (Å²) in [5, 5.41) is 5.21. The summed E-state index contributed by atoms with van der Waals surface area (Å²) < 4.78 is 40.5. The van der Waals surface area contributed by atoms with Crippen molar-refractivity contribution in [2.24, 2.45) is 5.14 Å². The third-order valence-electron chi connectivity index (χ3n) is 4.39. The van der Waals surface area contributed by atoms with E-state index in [-0.39, 0.29) is 11.9 Å². The van der Waals surface area contributed by atoms with Crippen molar-refractivity contribution in [3.8, 4) is 28.4 Å². The fourth-order valence-corrected chi connectivity index (χ4v) is 3.98. The lowest BCUT2D eigenvalue weighted by Gasteiger charge is -2.30. The number of hydrogen-bond acceptors (Lipinski definition) is 5. The lowest BCUT2D eigenvalue weighted by atomic mass is 9.89. The summed E-state index contributed by atoms with van der Waals surface area (Å²) in [7, 11) is -2.07. The summed E-state index contributed by atoms with van der Waals surface area (Å²) in [4.78, 5) is 0. The third-order valence-corrected chi connectivity index (χ3v) is 5.13. The third kappa shape index (κ3) is 4.05. The van der Waals surface area contributed by atoms with Crippen LogP contribution in [0.3, 0.4) is 0 Å². The summed E-state index contributed by atoms with van der Waals surface area (Å²) >= 11 is 0. The van der Waals surface area contributed by atoms with E-state index in [1.807, 2.05) is 18.2 Å². The van der Waals surface area contributed by atoms with Crippen LogP contribution in [0.4, 0.5) is 0 Å². The largest absolute Gasteiger partial charge is 0.492 e. The summed E-state index contributed by atoms with van der Waals surface area (Å²) in [5.41, 5.74) is 3.11. The van der Waals surface area contributed by atoms with E-state index in [2.05, 4.69) is 13.2 Å². The molecule has 2 aromatic rings. The van der Waals surface area contributed by atoms with Crippen molar-refractivity contribution in [2.45, 2.75) is 18.3 Å². The Morgan fingerprint density at radius 2 is 2.00 bits per heavy atom. The fourth-order valence-electron chi connectivity index (χ4n) is 3.34. The van der Waals surface area contributed by atoms with E-state index in [0.29, 0.717) is 35.8 Å². The second-order valence-corrected chi connectivity index (χ2v) is 8.04. The molecule has 1 heterocycles. The van der Waals surface area contributed by atoms with Crippen LogP contribution < -0.4 is 19.3 Å². The Bertz CT molecular complexity index is 1010. The van der Waals surface area contributed by atoms with Crippen molar-refractivity contribution in [1.29, 1.82) is 0 Å². The van der Waals surface area contributed by atoms with E-state index in [9.17, 15) is 8.42 Å². The molecule has 0 amide bonds. The van der Waals surface area contributed by atoms with E-state index >= 15 is 0 Å². The summed E-state index contributed by atoms with van der Waals surface area (Å²) in [5.74, 6) is 1.55. The minimum atomic E-state index is -3.64. The topological polar surface area (TPSA) is 87.9 Å². The number of fused-ring (bicyclic) bond motifs is 3. The standard InChI is InChI=1S/C21H23NO5S/c1-4-6-17-16-12-14(13-28(22,23)24)7-8-15(16)20-18(27-17)9-10-19(21(20)25-3)26-11-5-2/h4-5,7-10,12,17H,1-2,6,11,13H2,3H3,(H2,22,23,24). The Morgan fingerprint density at radius 3 is 2.64 bits per heavy atom. The molecule has 0 radical (unpaired) electrons. The second kappa shape index (κ2) is 8.08. The number of nitrogens with two attached hydrogens (primary N) is 1. The number of primary sulfonamides is 1. The zero-order chi connectivity index (χ0) is 20.3. The lowest BCUT2D eigenvalue weighted by Crippen LogP contribution is -2.17. The monoisotopic (exact) mass is 401 g/mol. The molecule has 28 heavy (non-hydrogen) atoms. The van der Waals surface area contributed by atoms with Gasteiger partial charge in [-0.15, -0.1) is 6.58 Å². The van der Waals surface area contributed by atoms with Crippen molar-refractivity contribution in [3.63, 3.8) is 0 Å². The SMILES string of the molecule is C=CCOc1ccc2c(c1OC)-c1ccc(CS(N)(=O)=O)cc1C(CC=C)O2. The van der Waals surface area contributed by atoms with Crippen molar-refractivity contribution in [3.05, 3.63) is 66.8 Å². The molecule has 1 atom stereocenters. The molecule has 0 fully saturated rings. The van der Waals surface area contributed by atoms with Gasteiger partial charge in [-0.25, -0.2) is 13.6 Å². The van der Waals surface area contributed by atoms with Crippen molar-refractivity contribution in [1.82, 2.24) is 0 Å². The van der Waals surface area contributed by atoms with Gasteiger partial charge in [0.25, 0.3) is 0 Å². The number of hydrogen-bond donors (Lipinski definition) is 1. The van der Waals surface area contributed by atoms with Crippen LogP contribution in [0.1, 0.15) is 23.7 Å². The molecule has 1 aliphatic heterocycles. The van der Waals surface area contributed by atoms with Crippen LogP contribution in [0.15, 0.2) is 55.6 Å². The molecular formula is C21H23NO5S. The van der Waals surface area contributed by atoms with Gasteiger partial charge >= 0.3 is 0 Å². The van der Waals surface area contributed by atoms with Gasteiger partial charge in [-0.3, -0.25) is 0 Å². The fraction of sp³-hybridized carbons (Fsp3) is 0.238. The maximum absolute atomic E-state index is 11.5. The van der Waals surface area contributed by atoms with Crippen LogP contribution in [-0.2, 0) is 15.8 Å². The van der Waals surface area contributed by atoms with E-state index < -0.39 is 10.0 Å². The molecule has 0 bridgehead atoms. The Balaban J connectivity index is 2.17. The molecule has 2 aromatic carbocycles. The highest BCUT2D eigenvalue weighted by Gasteiger charge is 2.30. The number of sulfonamides is 1. The zero-order valence-electron chi connectivity index (χ0n) is 15.7. The van der Waals surface area contributed by atoms with Gasteiger partial charge in [-0.2, -0.15) is 0 Å². The quantitative estimate of drug-likeness (QED) is 0.681. The molecule has 2 N–H and O–H groups in total. The van der Waals surface area contributed by atoms with Crippen LogP contribution in [0, 0.1) is 0 Å². The number of rotatable bonds is 8. The van der Waals surface area contributed by atoms with Gasteiger partial charge < -0.3 is 14.2 Å². The predicted molar refractivity (Wildman–Crippen MR) is 109 cm³/mol. The predicted octanol–water partition coefficient (Wildman–Crippen LogP) is 3.73. The molecule has 1 unspecified atom stereocenters. The average Bonchev–Trinajstić information content (AvgIpc) is 2.65. The number of methoxy groups -OCH3 is 1. The van der Waals surface area contributed by atoms with E-state index in [4.69, 9.17) is 19.3 Å². The van der Waals surface area contributed by atoms with Crippen LogP contribution in [0.5, 0.6) is 17.2 Å². The first kappa shape index (κ1) is 20.0. The van der Waals surface area contributed by atoms with Gasteiger partial charge in [-0.05, 0) is 23.3 Å². The highest BCUT2D eigenvalue weighted by atomic mass is 32.2. The van der Waals surface area contributed by atoms with Crippen molar-refractivity contribution < 1.29 is 22.6 Å². The van der Waals surface area contributed by atoms with Gasteiger partial charge in [-0.1, -0.05) is 36.9 Å². The molecular weight excluding hydrogens is 378 g/mol. The molecule has 6 nitrogen and oxygen atoms in total. The average molecular weight is 401 g/mol. The Labute approximate surface area is 165 Å². The first-order valence-electron chi connectivity index (χ1n) is 8.73. The van der Waals surface area contributed by atoms with Crippen LogP contribution >= 0.6 is 0 Å². The maximum atomic E-state index is 11.5. The molecule has 1 aliphatic rings. The Kier molecular flexibility index (Phi) is 5.76. The molecule has 0 aromatic heterocycles. The first-order valence-corrected chi connectivity index (χ1v) is 10.5. The molecule has 0 aliphatic carbocycles. The molecule has 0 saturated carbocycles. The van der Waals surface area contributed by atoms with Gasteiger partial charge in [0.2, 0.25) is 10.0 Å². The van der Waals surface area contributed by atoms with Crippen LogP contribution in [0.2, 0.25) is 0 Å². The van der Waals surface area contributed by atoms with Crippen molar-refractivity contribution in [2.75, 3.05) is 13.7 Å². The minimum absolute atomic E-state index is 0.242. The summed E-state index contributed by atoms with van der Waals surface area (Å²) in [6.45, 7) is 7.80. The Hall–Kier alpha value is -2.77. The summed E-state index contributed by atoms with van der Waals surface area (Å²) in [6.07, 6.45) is 3.71. The minimum Gasteiger partial charge on any atom is -0.492 e. The normalized spacial score (nSPS) is 15.0. The molecule has 0 spiro atoms. The Morgan fingerprint density at radius 1 is 1.21 bits per heavy atom. The number of benzene rings is 2. The maximum Gasteiger partial charge on any atom is 0.213 e. The molecule has 7 heteroatoms. The number of ether oxygens (including phenoxy) is 3. The first-order chi connectivity index (χ1) is 13.4. The highest BCUT2D eigenvalue weighted by Crippen LogP contribution is 2.51. The second-order valence-electron chi connectivity index (χ2n) is 6.43. The molecule has 0 saturated heterocycles. The van der Waals surface area contributed by atoms with E-state index in [0.717, 1.165) is 16.7 Å². The smallest absolute Gasteiger partial charge is 0.213 e.